The number of hydrogen-bond donors (Lipinski definition) is 2. The van der Waals surface area contributed by atoms with Gasteiger partial charge >= 0.3 is 0 Å². The number of carbonyl (C=O) groups excluding carboxylic acids is 1. The molecule has 1 aromatic rings. The molecule has 3 N–H and O–H groups in total. The second-order valence-electron chi connectivity index (χ2n) is 2.87. The zero-order valence-electron chi connectivity index (χ0n) is 8.03. The summed E-state index contributed by atoms with van der Waals surface area (Å²) in [7, 11) is 1.52. The van der Waals surface area contributed by atoms with Crippen molar-refractivity contribution < 1.29 is 13.9 Å². The van der Waals surface area contributed by atoms with Crippen molar-refractivity contribution in [3.05, 3.63) is 24.2 Å². The van der Waals surface area contributed by atoms with Gasteiger partial charge in [0.2, 0.25) is 5.91 Å². The molecule has 1 rings (SSSR count). The molecule has 0 spiro atoms. The third-order valence-corrected chi connectivity index (χ3v) is 1.78. The number of nitrogens with one attached hydrogen (secondary N) is 1. The molecular weight excluding hydrogens is 184 g/mol. The van der Waals surface area contributed by atoms with Crippen molar-refractivity contribution in [3.8, 4) is 0 Å². The normalized spacial score (nSPS) is 12.6. The number of methoxy groups -OCH3 is 1. The highest BCUT2D eigenvalue weighted by Gasteiger charge is 2.14. The van der Waals surface area contributed by atoms with Gasteiger partial charge in [-0.2, -0.15) is 0 Å². The second kappa shape index (κ2) is 5.41. The van der Waals surface area contributed by atoms with E-state index in [2.05, 4.69) is 5.32 Å². The summed E-state index contributed by atoms with van der Waals surface area (Å²) in [5.74, 6) is 0.325. The van der Waals surface area contributed by atoms with Crippen LogP contribution in [-0.2, 0) is 16.1 Å². The Morgan fingerprint density at radius 3 is 3.07 bits per heavy atom. The molecule has 14 heavy (non-hydrogen) atoms. The van der Waals surface area contributed by atoms with Crippen LogP contribution in [0.3, 0.4) is 0 Å². The van der Waals surface area contributed by atoms with Gasteiger partial charge in [-0.1, -0.05) is 0 Å². The van der Waals surface area contributed by atoms with Gasteiger partial charge in [-0.25, -0.2) is 0 Å². The van der Waals surface area contributed by atoms with E-state index in [1.165, 1.54) is 7.11 Å². The third-order valence-electron chi connectivity index (χ3n) is 1.78. The van der Waals surface area contributed by atoms with Crippen LogP contribution in [0.15, 0.2) is 22.8 Å². The minimum atomic E-state index is -0.481. The Morgan fingerprint density at radius 1 is 1.79 bits per heavy atom. The Kier molecular flexibility index (Phi) is 4.15. The first kappa shape index (κ1) is 10.7. The molecule has 1 atom stereocenters. The van der Waals surface area contributed by atoms with Gasteiger partial charge in [0.25, 0.3) is 0 Å². The fraction of sp³-hybridized carbons (Fsp3) is 0.444. The number of amides is 1. The molecule has 0 aliphatic rings. The number of nitrogens with two attached hydrogens (primary N) is 1. The molecule has 0 saturated heterocycles. The van der Waals surface area contributed by atoms with Crippen molar-refractivity contribution in [2.24, 2.45) is 5.73 Å². The van der Waals surface area contributed by atoms with E-state index in [4.69, 9.17) is 14.9 Å². The Hall–Kier alpha value is -1.33. The van der Waals surface area contributed by atoms with Crippen molar-refractivity contribution in [2.45, 2.75) is 12.6 Å². The maximum atomic E-state index is 10.9. The van der Waals surface area contributed by atoms with E-state index in [1.54, 1.807) is 12.3 Å². The first-order valence-corrected chi connectivity index (χ1v) is 4.28. The zero-order valence-corrected chi connectivity index (χ0v) is 8.03. The lowest BCUT2D eigenvalue weighted by atomic mass is 10.3. The summed E-state index contributed by atoms with van der Waals surface area (Å²) in [4.78, 5) is 10.9. The summed E-state index contributed by atoms with van der Waals surface area (Å²) >= 11 is 0. The molecule has 0 saturated carbocycles. The van der Waals surface area contributed by atoms with Crippen molar-refractivity contribution in [2.75, 3.05) is 13.7 Å². The SMILES string of the molecule is COCC(NCc1ccco1)C(N)=O. The number of rotatable bonds is 6. The lowest BCUT2D eigenvalue weighted by Gasteiger charge is -2.12. The zero-order chi connectivity index (χ0) is 10.4. The van der Waals surface area contributed by atoms with Crippen molar-refractivity contribution in [1.82, 2.24) is 5.32 Å². The molecule has 1 amide bonds. The van der Waals surface area contributed by atoms with Crippen molar-refractivity contribution in [3.63, 3.8) is 0 Å². The monoisotopic (exact) mass is 198 g/mol. The minimum absolute atomic E-state index is 0.260. The van der Waals surface area contributed by atoms with Gasteiger partial charge in [-0.15, -0.1) is 0 Å². The van der Waals surface area contributed by atoms with Gasteiger partial charge in [0.15, 0.2) is 0 Å². The van der Waals surface area contributed by atoms with Gasteiger partial charge in [0.1, 0.15) is 11.8 Å². The van der Waals surface area contributed by atoms with Crippen LogP contribution in [0.2, 0.25) is 0 Å². The first-order chi connectivity index (χ1) is 6.74. The summed E-state index contributed by atoms with van der Waals surface area (Å²) in [6.07, 6.45) is 1.58. The minimum Gasteiger partial charge on any atom is -0.468 e. The summed E-state index contributed by atoms with van der Waals surface area (Å²) in [6.45, 7) is 0.722. The van der Waals surface area contributed by atoms with Crippen LogP contribution >= 0.6 is 0 Å². The van der Waals surface area contributed by atoms with Crippen LogP contribution in [0.25, 0.3) is 0 Å². The molecular formula is C9H14N2O3. The summed E-state index contributed by atoms with van der Waals surface area (Å²) < 4.78 is 9.93. The van der Waals surface area contributed by atoms with Crippen LogP contribution < -0.4 is 11.1 Å². The Labute approximate surface area is 82.2 Å². The molecule has 0 fully saturated rings. The van der Waals surface area contributed by atoms with Gasteiger partial charge in [-0.3, -0.25) is 10.1 Å². The number of primary amides is 1. The predicted molar refractivity (Wildman–Crippen MR) is 50.4 cm³/mol. The number of hydrogen-bond acceptors (Lipinski definition) is 4. The molecule has 1 aromatic heterocycles. The van der Waals surface area contributed by atoms with Gasteiger partial charge in [0, 0.05) is 7.11 Å². The number of carbonyl (C=O) groups is 1. The van der Waals surface area contributed by atoms with Crippen LogP contribution in [0.1, 0.15) is 5.76 Å². The third kappa shape index (κ3) is 3.20. The van der Waals surface area contributed by atoms with Crippen LogP contribution in [-0.4, -0.2) is 25.7 Å². The van der Waals surface area contributed by atoms with E-state index in [1.807, 2.05) is 6.07 Å². The Morgan fingerprint density at radius 2 is 2.57 bits per heavy atom. The predicted octanol–water partition coefficient (Wildman–Crippen LogP) is -0.130. The van der Waals surface area contributed by atoms with Gasteiger partial charge in [0.05, 0.1) is 19.4 Å². The fourth-order valence-corrected chi connectivity index (χ4v) is 1.05. The maximum Gasteiger partial charge on any atom is 0.236 e. The molecule has 0 aliphatic heterocycles. The van der Waals surface area contributed by atoms with Crippen LogP contribution in [0.5, 0.6) is 0 Å². The smallest absolute Gasteiger partial charge is 0.236 e. The standard InChI is InChI=1S/C9H14N2O3/c1-13-6-8(9(10)12)11-5-7-3-2-4-14-7/h2-4,8,11H,5-6H2,1H3,(H2,10,12). The van der Waals surface area contributed by atoms with E-state index >= 15 is 0 Å². The molecule has 1 heterocycles. The highest BCUT2D eigenvalue weighted by Crippen LogP contribution is 1.99. The molecule has 78 valence electrons. The van der Waals surface area contributed by atoms with E-state index in [0.717, 1.165) is 5.76 Å². The van der Waals surface area contributed by atoms with Crippen molar-refractivity contribution in [1.29, 1.82) is 0 Å². The lowest BCUT2D eigenvalue weighted by Crippen LogP contribution is -2.43. The maximum absolute atomic E-state index is 10.9. The summed E-state index contributed by atoms with van der Waals surface area (Å²) in [5, 5.41) is 2.93. The Bertz CT molecular complexity index is 272. The average molecular weight is 198 g/mol. The Balaban J connectivity index is 2.37. The first-order valence-electron chi connectivity index (χ1n) is 4.28. The van der Waals surface area contributed by atoms with Crippen LogP contribution in [0.4, 0.5) is 0 Å². The van der Waals surface area contributed by atoms with E-state index in [-0.39, 0.29) is 6.61 Å². The van der Waals surface area contributed by atoms with E-state index < -0.39 is 11.9 Å². The topological polar surface area (TPSA) is 77.5 Å². The molecule has 0 aliphatic carbocycles. The van der Waals surface area contributed by atoms with Gasteiger partial charge < -0.3 is 14.9 Å². The van der Waals surface area contributed by atoms with E-state index in [9.17, 15) is 4.79 Å². The highest BCUT2D eigenvalue weighted by molar-refractivity contribution is 5.79. The van der Waals surface area contributed by atoms with Crippen molar-refractivity contribution >= 4 is 5.91 Å². The molecule has 1 unspecified atom stereocenters. The molecule has 0 aromatic carbocycles. The quantitative estimate of drug-likeness (QED) is 0.667. The molecule has 5 heteroatoms. The number of ether oxygens (including phenoxy) is 1. The average Bonchev–Trinajstić information content (AvgIpc) is 2.64. The summed E-state index contributed by atoms with van der Waals surface area (Å²) in [5.41, 5.74) is 5.15. The molecule has 0 radical (unpaired) electrons. The number of furan rings is 1. The van der Waals surface area contributed by atoms with Gasteiger partial charge in [-0.05, 0) is 12.1 Å². The van der Waals surface area contributed by atoms with Crippen LogP contribution in [0, 0.1) is 0 Å². The fourth-order valence-electron chi connectivity index (χ4n) is 1.05. The second-order valence-corrected chi connectivity index (χ2v) is 2.87. The van der Waals surface area contributed by atoms with E-state index in [0.29, 0.717) is 6.54 Å². The summed E-state index contributed by atoms with van der Waals surface area (Å²) in [6, 6.07) is 3.12. The highest BCUT2D eigenvalue weighted by atomic mass is 16.5. The lowest BCUT2D eigenvalue weighted by molar-refractivity contribution is -0.121. The molecule has 0 bridgehead atoms. The molecule has 5 nitrogen and oxygen atoms in total. The largest absolute Gasteiger partial charge is 0.468 e.